The molecule has 1 atom stereocenters. The molecule has 1 aromatic heterocycles. The molecule has 0 aliphatic heterocycles. The lowest BCUT2D eigenvalue weighted by Gasteiger charge is -2.25. The first-order valence-electron chi connectivity index (χ1n) is 5.40. The summed E-state index contributed by atoms with van der Waals surface area (Å²) >= 11 is 1.69. The number of aliphatic hydroxyl groups is 1. The van der Waals surface area contributed by atoms with Gasteiger partial charge >= 0.3 is 0 Å². The quantitative estimate of drug-likeness (QED) is 0.858. The third-order valence-corrected chi connectivity index (χ3v) is 3.70. The summed E-state index contributed by atoms with van der Waals surface area (Å²) in [6.45, 7) is 3.92. The predicted octanol–water partition coefficient (Wildman–Crippen LogP) is 3.51. The normalized spacial score (nSPS) is 14.7. The number of rotatable bonds is 3. The number of hydrogen-bond donors (Lipinski definition) is 1. The molecule has 1 unspecified atom stereocenters. The van der Waals surface area contributed by atoms with Crippen molar-refractivity contribution >= 4 is 11.3 Å². The zero-order valence-corrected chi connectivity index (χ0v) is 10.4. The fourth-order valence-electron chi connectivity index (χ4n) is 2.02. The molecule has 0 saturated heterocycles. The molecular weight excluding hydrogens is 216 g/mol. The second-order valence-corrected chi connectivity index (χ2v) is 5.38. The number of thiophene rings is 1. The van der Waals surface area contributed by atoms with Crippen LogP contribution in [0, 0.1) is 6.92 Å². The Morgan fingerprint density at radius 1 is 1.19 bits per heavy atom. The molecule has 0 fully saturated rings. The smallest absolute Gasteiger partial charge is 0.0919 e. The fraction of sp³-hybridized carbons (Fsp3) is 0.286. The van der Waals surface area contributed by atoms with Gasteiger partial charge in [-0.05, 0) is 36.4 Å². The standard InChI is InChI=1S/C14H16OS/c1-11-6-3-4-8-13(11)14(2,15)10-12-7-5-9-16-12/h3-9,15H,10H2,1-2H3. The largest absolute Gasteiger partial charge is 0.385 e. The Morgan fingerprint density at radius 3 is 2.56 bits per heavy atom. The van der Waals surface area contributed by atoms with Crippen molar-refractivity contribution in [2.75, 3.05) is 0 Å². The van der Waals surface area contributed by atoms with Crippen molar-refractivity contribution in [1.29, 1.82) is 0 Å². The molecule has 0 spiro atoms. The minimum absolute atomic E-state index is 0.676. The number of benzene rings is 1. The molecule has 0 bridgehead atoms. The maximum Gasteiger partial charge on any atom is 0.0919 e. The Bertz CT molecular complexity index is 457. The Balaban J connectivity index is 2.28. The van der Waals surface area contributed by atoms with Crippen molar-refractivity contribution in [2.45, 2.75) is 25.9 Å². The van der Waals surface area contributed by atoms with Crippen molar-refractivity contribution in [3.05, 3.63) is 57.8 Å². The van der Waals surface area contributed by atoms with E-state index in [9.17, 15) is 5.11 Å². The van der Waals surface area contributed by atoms with Gasteiger partial charge in [0, 0.05) is 11.3 Å². The van der Waals surface area contributed by atoms with E-state index in [-0.39, 0.29) is 0 Å². The summed E-state index contributed by atoms with van der Waals surface area (Å²) in [6, 6.07) is 12.1. The zero-order chi connectivity index (χ0) is 11.6. The topological polar surface area (TPSA) is 20.2 Å². The summed E-state index contributed by atoms with van der Waals surface area (Å²) in [6.07, 6.45) is 0.676. The highest BCUT2D eigenvalue weighted by molar-refractivity contribution is 7.09. The van der Waals surface area contributed by atoms with Gasteiger partial charge in [-0.1, -0.05) is 30.3 Å². The van der Waals surface area contributed by atoms with Crippen LogP contribution in [-0.4, -0.2) is 5.11 Å². The van der Waals surface area contributed by atoms with Crippen LogP contribution < -0.4 is 0 Å². The van der Waals surface area contributed by atoms with Gasteiger partial charge < -0.3 is 5.11 Å². The van der Waals surface area contributed by atoms with E-state index >= 15 is 0 Å². The van der Waals surface area contributed by atoms with Crippen LogP contribution in [0.1, 0.15) is 22.9 Å². The maximum absolute atomic E-state index is 10.5. The van der Waals surface area contributed by atoms with Gasteiger partial charge in [0.15, 0.2) is 0 Å². The molecule has 84 valence electrons. The van der Waals surface area contributed by atoms with Gasteiger partial charge in [-0.25, -0.2) is 0 Å². The Morgan fingerprint density at radius 2 is 1.94 bits per heavy atom. The molecule has 2 rings (SSSR count). The molecule has 1 N–H and O–H groups in total. The van der Waals surface area contributed by atoms with Crippen molar-refractivity contribution in [1.82, 2.24) is 0 Å². The van der Waals surface area contributed by atoms with E-state index in [1.807, 2.05) is 49.6 Å². The maximum atomic E-state index is 10.5. The summed E-state index contributed by atoms with van der Waals surface area (Å²) < 4.78 is 0. The average Bonchev–Trinajstić information content (AvgIpc) is 2.70. The molecule has 0 amide bonds. The molecule has 1 aromatic carbocycles. The van der Waals surface area contributed by atoms with Crippen molar-refractivity contribution in [3.8, 4) is 0 Å². The second kappa shape index (κ2) is 4.40. The Kier molecular flexibility index (Phi) is 3.13. The first kappa shape index (κ1) is 11.4. The van der Waals surface area contributed by atoms with Crippen LogP contribution in [-0.2, 0) is 12.0 Å². The van der Waals surface area contributed by atoms with Crippen LogP contribution in [0.5, 0.6) is 0 Å². The molecule has 0 saturated carbocycles. The van der Waals surface area contributed by atoms with E-state index in [1.165, 1.54) is 4.88 Å². The van der Waals surface area contributed by atoms with Crippen LogP contribution in [0.3, 0.4) is 0 Å². The minimum Gasteiger partial charge on any atom is -0.385 e. The van der Waals surface area contributed by atoms with Gasteiger partial charge in [-0.3, -0.25) is 0 Å². The number of aryl methyl sites for hydroxylation is 1. The molecule has 2 heteroatoms. The molecule has 1 heterocycles. The molecule has 1 nitrogen and oxygen atoms in total. The third-order valence-electron chi connectivity index (χ3n) is 2.82. The van der Waals surface area contributed by atoms with E-state index in [0.29, 0.717) is 6.42 Å². The van der Waals surface area contributed by atoms with Gasteiger partial charge in [-0.2, -0.15) is 0 Å². The van der Waals surface area contributed by atoms with Crippen molar-refractivity contribution in [2.24, 2.45) is 0 Å². The third kappa shape index (κ3) is 2.34. The van der Waals surface area contributed by atoms with E-state index in [1.54, 1.807) is 11.3 Å². The molecule has 2 aromatic rings. The lowest BCUT2D eigenvalue weighted by molar-refractivity contribution is 0.0578. The van der Waals surface area contributed by atoms with Crippen LogP contribution in [0.25, 0.3) is 0 Å². The van der Waals surface area contributed by atoms with Gasteiger partial charge in [-0.15, -0.1) is 11.3 Å². The van der Waals surface area contributed by atoms with Crippen LogP contribution >= 0.6 is 11.3 Å². The van der Waals surface area contributed by atoms with Gasteiger partial charge in [0.25, 0.3) is 0 Å². The highest BCUT2D eigenvalue weighted by Gasteiger charge is 2.25. The fourth-order valence-corrected chi connectivity index (χ4v) is 2.88. The molecular formula is C14H16OS. The summed E-state index contributed by atoms with van der Waals surface area (Å²) in [7, 11) is 0. The van der Waals surface area contributed by atoms with Crippen molar-refractivity contribution in [3.63, 3.8) is 0 Å². The summed E-state index contributed by atoms with van der Waals surface area (Å²) in [5.41, 5.74) is 1.38. The number of hydrogen-bond acceptors (Lipinski definition) is 2. The van der Waals surface area contributed by atoms with Crippen molar-refractivity contribution < 1.29 is 5.11 Å². The van der Waals surface area contributed by atoms with E-state index in [4.69, 9.17) is 0 Å². The molecule has 0 radical (unpaired) electrons. The minimum atomic E-state index is -0.782. The average molecular weight is 232 g/mol. The zero-order valence-electron chi connectivity index (χ0n) is 9.60. The SMILES string of the molecule is Cc1ccccc1C(C)(O)Cc1cccs1. The highest BCUT2D eigenvalue weighted by Crippen LogP contribution is 2.29. The second-order valence-electron chi connectivity index (χ2n) is 4.34. The lowest BCUT2D eigenvalue weighted by atomic mass is 9.89. The summed E-state index contributed by atoms with van der Waals surface area (Å²) in [5.74, 6) is 0. The van der Waals surface area contributed by atoms with Crippen LogP contribution in [0.15, 0.2) is 41.8 Å². The predicted molar refractivity (Wildman–Crippen MR) is 68.8 cm³/mol. The molecule has 16 heavy (non-hydrogen) atoms. The first-order valence-corrected chi connectivity index (χ1v) is 6.28. The molecule has 0 aliphatic carbocycles. The monoisotopic (exact) mass is 232 g/mol. The highest BCUT2D eigenvalue weighted by atomic mass is 32.1. The van der Waals surface area contributed by atoms with Gasteiger partial charge in [0.2, 0.25) is 0 Å². The van der Waals surface area contributed by atoms with Gasteiger partial charge in [0.1, 0.15) is 0 Å². The summed E-state index contributed by atoms with van der Waals surface area (Å²) in [5, 5.41) is 12.6. The molecule has 0 aliphatic rings. The lowest BCUT2D eigenvalue weighted by Crippen LogP contribution is -2.24. The van der Waals surface area contributed by atoms with E-state index in [0.717, 1.165) is 11.1 Å². The Hall–Kier alpha value is -1.12. The van der Waals surface area contributed by atoms with Crippen LogP contribution in [0.2, 0.25) is 0 Å². The van der Waals surface area contributed by atoms with Gasteiger partial charge in [0.05, 0.1) is 5.60 Å². The van der Waals surface area contributed by atoms with E-state index < -0.39 is 5.60 Å². The van der Waals surface area contributed by atoms with Crippen LogP contribution in [0.4, 0.5) is 0 Å². The summed E-state index contributed by atoms with van der Waals surface area (Å²) in [4.78, 5) is 1.22. The van der Waals surface area contributed by atoms with E-state index in [2.05, 4.69) is 6.07 Å². The Labute approximate surface area is 100 Å². The first-order chi connectivity index (χ1) is 7.59.